The van der Waals surface area contributed by atoms with Crippen LogP contribution in [0.25, 0.3) is 0 Å². The molecule has 2 rings (SSSR count). The van der Waals surface area contributed by atoms with Crippen molar-refractivity contribution in [2.75, 3.05) is 0 Å². The molecule has 2 heterocycles. The smallest absolute Gasteiger partial charge is 0.240 e. The van der Waals surface area contributed by atoms with Gasteiger partial charge in [-0.05, 0) is 6.92 Å². The van der Waals surface area contributed by atoms with Gasteiger partial charge in [0.05, 0.1) is 18.1 Å². The first kappa shape index (κ1) is 9.60. The zero-order valence-corrected chi connectivity index (χ0v) is 8.27. The Balaban J connectivity index is 2.11. The Labute approximate surface area is 86.5 Å². The summed E-state index contributed by atoms with van der Waals surface area (Å²) in [5.74, 6) is 0.876. The molecular formula is C9H11N5O. The van der Waals surface area contributed by atoms with Crippen LogP contribution in [0.3, 0.4) is 0 Å². The molecule has 0 aromatic carbocycles. The van der Waals surface area contributed by atoms with E-state index in [1.165, 1.54) is 6.20 Å². The van der Waals surface area contributed by atoms with Crippen LogP contribution in [0.4, 0.5) is 0 Å². The summed E-state index contributed by atoms with van der Waals surface area (Å²) in [4.78, 5) is 8.09. The van der Waals surface area contributed by atoms with Crippen LogP contribution < -0.4 is 10.5 Å². The summed E-state index contributed by atoms with van der Waals surface area (Å²) in [6, 6.07) is 1.78. The Hall–Kier alpha value is -1.95. The quantitative estimate of drug-likeness (QED) is 0.772. The molecule has 0 radical (unpaired) electrons. The zero-order chi connectivity index (χ0) is 10.7. The summed E-state index contributed by atoms with van der Waals surface area (Å²) in [5.41, 5.74) is 7.05. The summed E-state index contributed by atoms with van der Waals surface area (Å²) in [6.45, 7) is 2.26. The van der Waals surface area contributed by atoms with Crippen LogP contribution in [-0.2, 0) is 6.54 Å². The lowest BCUT2D eigenvalue weighted by atomic mass is 10.4. The van der Waals surface area contributed by atoms with E-state index in [1.54, 1.807) is 12.3 Å². The van der Waals surface area contributed by atoms with Crippen molar-refractivity contribution < 1.29 is 4.74 Å². The maximum Gasteiger partial charge on any atom is 0.240 e. The van der Waals surface area contributed by atoms with Gasteiger partial charge in [0.25, 0.3) is 0 Å². The SMILES string of the molecule is Cc1cc(Oc2cnc(CN)cn2)n[nH]1. The summed E-state index contributed by atoms with van der Waals surface area (Å²) < 4.78 is 5.34. The first-order chi connectivity index (χ1) is 7.28. The van der Waals surface area contributed by atoms with E-state index in [4.69, 9.17) is 10.5 Å². The standard InChI is InChI=1S/C9H11N5O/c1-6-2-8(14-13-6)15-9-5-11-7(3-10)4-12-9/h2,4-5H,3,10H2,1H3,(H,13,14). The summed E-state index contributed by atoms with van der Waals surface area (Å²) >= 11 is 0. The van der Waals surface area contributed by atoms with Gasteiger partial charge in [-0.25, -0.2) is 4.98 Å². The molecule has 0 atom stereocenters. The van der Waals surface area contributed by atoms with Crippen LogP contribution in [0.15, 0.2) is 18.5 Å². The van der Waals surface area contributed by atoms with Gasteiger partial charge in [-0.2, -0.15) is 0 Å². The summed E-state index contributed by atoms with van der Waals surface area (Å²) in [6.07, 6.45) is 3.10. The largest absolute Gasteiger partial charge is 0.417 e. The minimum atomic E-state index is 0.370. The van der Waals surface area contributed by atoms with E-state index in [0.29, 0.717) is 18.3 Å². The molecule has 6 nitrogen and oxygen atoms in total. The van der Waals surface area contributed by atoms with Gasteiger partial charge < -0.3 is 10.5 Å². The highest BCUT2D eigenvalue weighted by molar-refractivity contribution is 5.19. The van der Waals surface area contributed by atoms with Gasteiger partial charge in [0, 0.05) is 18.3 Å². The number of ether oxygens (including phenoxy) is 1. The Morgan fingerprint density at radius 2 is 2.20 bits per heavy atom. The highest BCUT2D eigenvalue weighted by Crippen LogP contribution is 2.15. The van der Waals surface area contributed by atoms with E-state index < -0.39 is 0 Å². The van der Waals surface area contributed by atoms with Crippen molar-refractivity contribution in [3.63, 3.8) is 0 Å². The molecule has 2 aromatic rings. The van der Waals surface area contributed by atoms with Gasteiger partial charge in [-0.15, -0.1) is 5.10 Å². The van der Waals surface area contributed by atoms with E-state index in [1.807, 2.05) is 6.92 Å². The van der Waals surface area contributed by atoms with Crippen LogP contribution in [0, 0.1) is 6.92 Å². The predicted molar refractivity (Wildman–Crippen MR) is 53.3 cm³/mol. The molecule has 0 amide bonds. The molecule has 0 spiro atoms. The number of nitrogens with one attached hydrogen (secondary N) is 1. The summed E-state index contributed by atoms with van der Waals surface area (Å²) in [5, 5.41) is 6.68. The monoisotopic (exact) mass is 205 g/mol. The van der Waals surface area contributed by atoms with Gasteiger partial charge in [0.15, 0.2) is 0 Å². The Morgan fingerprint density at radius 3 is 2.73 bits per heavy atom. The molecule has 0 saturated carbocycles. The fourth-order valence-electron chi connectivity index (χ4n) is 1.05. The number of nitrogens with zero attached hydrogens (tertiary/aromatic N) is 3. The van der Waals surface area contributed by atoms with Gasteiger partial charge in [0.2, 0.25) is 11.8 Å². The van der Waals surface area contributed by atoms with Crippen molar-refractivity contribution in [1.82, 2.24) is 20.2 Å². The molecular weight excluding hydrogens is 194 g/mol. The van der Waals surface area contributed by atoms with Gasteiger partial charge in [-0.1, -0.05) is 0 Å². The van der Waals surface area contributed by atoms with Crippen molar-refractivity contribution in [2.45, 2.75) is 13.5 Å². The fourth-order valence-corrected chi connectivity index (χ4v) is 1.05. The van der Waals surface area contributed by atoms with Crippen LogP contribution in [0.5, 0.6) is 11.8 Å². The highest BCUT2D eigenvalue weighted by atomic mass is 16.5. The molecule has 0 aliphatic carbocycles. The van der Waals surface area contributed by atoms with E-state index in [-0.39, 0.29) is 0 Å². The van der Waals surface area contributed by atoms with Crippen LogP contribution in [0.1, 0.15) is 11.4 Å². The van der Waals surface area contributed by atoms with Gasteiger partial charge >= 0.3 is 0 Å². The Bertz CT molecular complexity index is 436. The third-order valence-corrected chi connectivity index (χ3v) is 1.78. The normalized spacial score (nSPS) is 10.3. The van der Waals surface area contributed by atoms with Crippen molar-refractivity contribution in [3.8, 4) is 11.8 Å². The fraction of sp³-hybridized carbons (Fsp3) is 0.222. The number of aromatic nitrogens is 4. The van der Waals surface area contributed by atoms with E-state index in [9.17, 15) is 0 Å². The molecule has 0 aliphatic heterocycles. The number of aryl methyl sites for hydroxylation is 1. The number of rotatable bonds is 3. The molecule has 0 aliphatic rings. The first-order valence-corrected chi connectivity index (χ1v) is 4.49. The molecule has 0 unspecified atom stereocenters. The third-order valence-electron chi connectivity index (χ3n) is 1.78. The van der Waals surface area contributed by atoms with Gasteiger partial charge in [-0.3, -0.25) is 10.1 Å². The molecule has 3 N–H and O–H groups in total. The number of aromatic amines is 1. The average molecular weight is 205 g/mol. The van der Waals surface area contributed by atoms with Gasteiger partial charge in [0.1, 0.15) is 0 Å². The molecule has 0 saturated heterocycles. The minimum absolute atomic E-state index is 0.370. The second-order valence-electron chi connectivity index (χ2n) is 3.04. The third kappa shape index (κ3) is 2.29. The Kier molecular flexibility index (Phi) is 2.59. The van der Waals surface area contributed by atoms with E-state index in [2.05, 4.69) is 20.2 Å². The lowest BCUT2D eigenvalue weighted by molar-refractivity contribution is 0.440. The Morgan fingerprint density at radius 1 is 1.33 bits per heavy atom. The van der Waals surface area contributed by atoms with Crippen LogP contribution in [-0.4, -0.2) is 20.2 Å². The highest BCUT2D eigenvalue weighted by Gasteiger charge is 2.02. The first-order valence-electron chi connectivity index (χ1n) is 4.49. The molecule has 15 heavy (non-hydrogen) atoms. The van der Waals surface area contributed by atoms with Crippen molar-refractivity contribution >= 4 is 0 Å². The van der Waals surface area contributed by atoms with E-state index in [0.717, 1.165) is 11.4 Å². The number of hydrogen-bond donors (Lipinski definition) is 2. The molecule has 2 aromatic heterocycles. The lowest BCUT2D eigenvalue weighted by Crippen LogP contribution is -2.00. The second kappa shape index (κ2) is 4.05. The number of hydrogen-bond acceptors (Lipinski definition) is 5. The maximum absolute atomic E-state index is 5.40. The topological polar surface area (TPSA) is 89.7 Å². The zero-order valence-electron chi connectivity index (χ0n) is 8.27. The van der Waals surface area contributed by atoms with Crippen LogP contribution in [0.2, 0.25) is 0 Å². The maximum atomic E-state index is 5.40. The summed E-state index contributed by atoms with van der Waals surface area (Å²) in [7, 11) is 0. The average Bonchev–Trinajstić information content (AvgIpc) is 2.65. The molecule has 0 fully saturated rings. The van der Waals surface area contributed by atoms with Crippen molar-refractivity contribution in [2.24, 2.45) is 5.73 Å². The van der Waals surface area contributed by atoms with Crippen LogP contribution >= 0.6 is 0 Å². The minimum Gasteiger partial charge on any atom is -0.417 e. The van der Waals surface area contributed by atoms with E-state index >= 15 is 0 Å². The molecule has 0 bridgehead atoms. The molecule has 78 valence electrons. The lowest BCUT2D eigenvalue weighted by Gasteiger charge is -2.00. The van der Waals surface area contributed by atoms with Crippen molar-refractivity contribution in [1.29, 1.82) is 0 Å². The van der Waals surface area contributed by atoms with Crippen molar-refractivity contribution in [3.05, 3.63) is 29.8 Å². The molecule has 6 heteroatoms. The predicted octanol–water partition coefficient (Wildman–Crippen LogP) is 0.759. The number of nitrogens with two attached hydrogens (primary N) is 1. The number of H-pyrrole nitrogens is 1. The second-order valence-corrected chi connectivity index (χ2v) is 3.04.